The monoisotopic (exact) mass is 484 g/mol. The average molecular weight is 484 g/mol. The van der Waals surface area contributed by atoms with Crippen molar-refractivity contribution in [1.82, 2.24) is 0 Å². The Morgan fingerprint density at radius 1 is 0.735 bits per heavy atom. The Balaban J connectivity index is 1.71. The number of rotatable bonds is 5. The fraction of sp³-hybridized carbons (Fsp3) is 0.300. The maximum atomic E-state index is 12.4. The number of aliphatic hydroxyl groups is 3. The largest absolute Gasteiger partial charge is 0.504 e. The molecule has 3 rings (SSSR count). The number of esters is 2. The second-order valence-corrected chi connectivity index (χ2v) is 7.24. The third kappa shape index (κ3) is 4.84. The molecule has 0 radical (unpaired) electrons. The highest BCUT2D eigenvalue weighted by Crippen LogP contribution is 2.37. The predicted molar refractivity (Wildman–Crippen MR) is 105 cm³/mol. The summed E-state index contributed by atoms with van der Waals surface area (Å²) >= 11 is 0. The van der Waals surface area contributed by atoms with Crippen LogP contribution in [0.4, 0.5) is 0 Å². The minimum atomic E-state index is -1.99. The fourth-order valence-electron chi connectivity index (χ4n) is 3.07. The number of ether oxygens (including phenoxy) is 3. The lowest BCUT2D eigenvalue weighted by molar-refractivity contribution is -0.285. The summed E-state index contributed by atoms with van der Waals surface area (Å²) in [5.74, 6) is -7.48. The lowest BCUT2D eigenvalue weighted by Gasteiger charge is -2.39. The van der Waals surface area contributed by atoms with Crippen molar-refractivity contribution in [3.05, 3.63) is 35.4 Å². The fourth-order valence-corrected chi connectivity index (χ4v) is 3.07. The Hall–Kier alpha value is -3.98. The highest BCUT2D eigenvalue weighted by atomic mass is 16.7. The highest BCUT2D eigenvalue weighted by molar-refractivity contribution is 5.91. The molecular formula is C20H20O14. The van der Waals surface area contributed by atoms with E-state index >= 15 is 0 Å². The Morgan fingerprint density at radius 2 is 1.18 bits per heavy atom. The first kappa shape index (κ1) is 24.7. The van der Waals surface area contributed by atoms with Gasteiger partial charge in [-0.25, -0.2) is 9.59 Å². The topological polar surface area (TPSA) is 244 Å². The van der Waals surface area contributed by atoms with Gasteiger partial charge in [-0.05, 0) is 24.3 Å². The zero-order valence-corrected chi connectivity index (χ0v) is 17.0. The van der Waals surface area contributed by atoms with E-state index in [0.29, 0.717) is 0 Å². The molecule has 1 fully saturated rings. The number of phenols is 6. The van der Waals surface area contributed by atoms with Crippen LogP contribution in [0.15, 0.2) is 24.3 Å². The summed E-state index contributed by atoms with van der Waals surface area (Å²) in [6, 6.07) is 3.07. The molecule has 0 amide bonds. The molecule has 9 N–H and O–H groups in total. The molecule has 1 aliphatic rings. The first-order valence-electron chi connectivity index (χ1n) is 9.48. The Morgan fingerprint density at radius 3 is 1.65 bits per heavy atom. The Labute approximate surface area is 189 Å². The predicted octanol–water partition coefficient (Wildman–Crippen LogP) is -1.26. The SMILES string of the molecule is O=C(OC[C@@H]1O[C@H](O)[C@@H](O)[C@@H](OC(=O)c2cc(O)c(O)c(O)c2)[C@@H]1O)c1cc(O)c(O)c(O)c1. The van der Waals surface area contributed by atoms with E-state index < -0.39 is 89.3 Å². The van der Waals surface area contributed by atoms with E-state index in [-0.39, 0.29) is 5.56 Å². The van der Waals surface area contributed by atoms with Gasteiger partial charge in [-0.3, -0.25) is 0 Å². The summed E-state index contributed by atoms with van der Waals surface area (Å²) in [5.41, 5.74) is -0.850. The minimum Gasteiger partial charge on any atom is -0.504 e. The van der Waals surface area contributed by atoms with Crippen molar-refractivity contribution < 1.29 is 69.8 Å². The van der Waals surface area contributed by atoms with Gasteiger partial charge < -0.3 is 60.2 Å². The molecule has 0 aromatic heterocycles. The van der Waals surface area contributed by atoms with E-state index in [2.05, 4.69) is 0 Å². The van der Waals surface area contributed by atoms with Crippen molar-refractivity contribution in [3.63, 3.8) is 0 Å². The lowest BCUT2D eigenvalue weighted by Crippen LogP contribution is -2.60. The van der Waals surface area contributed by atoms with Crippen LogP contribution in [-0.2, 0) is 14.2 Å². The van der Waals surface area contributed by atoms with E-state index in [1.165, 1.54) is 0 Å². The van der Waals surface area contributed by atoms with Gasteiger partial charge in [0.1, 0.15) is 24.9 Å². The Kier molecular flexibility index (Phi) is 6.88. The first-order chi connectivity index (χ1) is 15.9. The molecule has 0 aliphatic carbocycles. The van der Waals surface area contributed by atoms with Crippen LogP contribution in [0.2, 0.25) is 0 Å². The Bertz CT molecular complexity index is 1050. The molecule has 1 saturated heterocycles. The third-order valence-electron chi connectivity index (χ3n) is 4.89. The van der Waals surface area contributed by atoms with Gasteiger partial charge in [-0.2, -0.15) is 0 Å². The molecule has 14 heteroatoms. The zero-order valence-electron chi connectivity index (χ0n) is 17.0. The molecule has 1 aliphatic heterocycles. The summed E-state index contributed by atoms with van der Waals surface area (Å²) in [5, 5.41) is 87.1. The summed E-state index contributed by atoms with van der Waals surface area (Å²) in [6.07, 6.45) is -9.14. The summed E-state index contributed by atoms with van der Waals surface area (Å²) in [6.45, 7) is -0.749. The number of benzene rings is 2. The van der Waals surface area contributed by atoms with Gasteiger partial charge in [-0.1, -0.05) is 0 Å². The molecule has 14 nitrogen and oxygen atoms in total. The average Bonchev–Trinajstić information content (AvgIpc) is 2.79. The number of carbonyl (C=O) groups is 2. The smallest absolute Gasteiger partial charge is 0.338 e. The molecule has 1 heterocycles. The van der Waals surface area contributed by atoms with Gasteiger partial charge in [0.25, 0.3) is 0 Å². The standard InChI is InChI=1S/C20H20O14/c21-8-1-6(2-9(22)13(8)25)18(29)32-5-12-15(27)17(16(28)20(31)33-12)34-19(30)7-3-10(23)14(26)11(24)4-7/h1-4,12,15-17,20-28,31H,5H2/t12-,15+,16-,17-,20-/m0/s1. The molecule has 0 unspecified atom stereocenters. The summed E-state index contributed by atoms with van der Waals surface area (Å²) in [7, 11) is 0. The van der Waals surface area contributed by atoms with Gasteiger partial charge in [0, 0.05) is 0 Å². The number of phenolic OH excluding ortho intramolecular Hbond substituents is 6. The number of hydrogen-bond acceptors (Lipinski definition) is 14. The maximum Gasteiger partial charge on any atom is 0.338 e. The number of hydrogen-bond donors (Lipinski definition) is 9. The van der Waals surface area contributed by atoms with Crippen LogP contribution in [0.5, 0.6) is 34.5 Å². The van der Waals surface area contributed by atoms with Crippen molar-refractivity contribution in [1.29, 1.82) is 0 Å². The van der Waals surface area contributed by atoms with Crippen molar-refractivity contribution in [2.75, 3.05) is 6.61 Å². The van der Waals surface area contributed by atoms with Crippen LogP contribution in [0.25, 0.3) is 0 Å². The number of aliphatic hydroxyl groups excluding tert-OH is 3. The van der Waals surface area contributed by atoms with E-state index in [1.807, 2.05) is 0 Å². The molecule has 184 valence electrons. The molecular weight excluding hydrogens is 464 g/mol. The normalized spacial score (nSPS) is 24.4. The second-order valence-electron chi connectivity index (χ2n) is 7.24. The second kappa shape index (κ2) is 9.48. The van der Waals surface area contributed by atoms with Crippen molar-refractivity contribution in [2.24, 2.45) is 0 Å². The van der Waals surface area contributed by atoms with Crippen LogP contribution in [0, 0.1) is 0 Å². The maximum absolute atomic E-state index is 12.4. The van der Waals surface area contributed by atoms with E-state index in [9.17, 15) is 55.5 Å². The third-order valence-corrected chi connectivity index (χ3v) is 4.89. The van der Waals surface area contributed by atoms with Gasteiger partial charge in [0.05, 0.1) is 11.1 Å². The summed E-state index contributed by atoms with van der Waals surface area (Å²) < 4.78 is 14.8. The van der Waals surface area contributed by atoms with Crippen LogP contribution in [0.1, 0.15) is 20.7 Å². The first-order valence-corrected chi connectivity index (χ1v) is 9.48. The molecule has 0 bridgehead atoms. The lowest BCUT2D eigenvalue weighted by atomic mass is 9.99. The van der Waals surface area contributed by atoms with E-state index in [1.54, 1.807) is 0 Å². The van der Waals surface area contributed by atoms with E-state index in [4.69, 9.17) is 14.2 Å². The van der Waals surface area contributed by atoms with Crippen molar-refractivity contribution in [2.45, 2.75) is 30.7 Å². The van der Waals surface area contributed by atoms with Crippen LogP contribution < -0.4 is 0 Å². The van der Waals surface area contributed by atoms with E-state index in [0.717, 1.165) is 24.3 Å². The molecule has 2 aromatic carbocycles. The van der Waals surface area contributed by atoms with Gasteiger partial charge >= 0.3 is 11.9 Å². The number of aromatic hydroxyl groups is 6. The van der Waals surface area contributed by atoms with Gasteiger partial charge in [0.2, 0.25) is 0 Å². The highest BCUT2D eigenvalue weighted by Gasteiger charge is 2.47. The van der Waals surface area contributed by atoms with Gasteiger partial charge in [-0.15, -0.1) is 0 Å². The van der Waals surface area contributed by atoms with Crippen molar-refractivity contribution >= 4 is 11.9 Å². The minimum absolute atomic E-state index is 0.381. The number of carbonyl (C=O) groups excluding carboxylic acids is 2. The molecule has 34 heavy (non-hydrogen) atoms. The van der Waals surface area contributed by atoms with Crippen molar-refractivity contribution in [3.8, 4) is 34.5 Å². The zero-order chi connectivity index (χ0) is 25.3. The van der Waals surface area contributed by atoms with Crippen LogP contribution in [0.3, 0.4) is 0 Å². The summed E-state index contributed by atoms with van der Waals surface area (Å²) in [4.78, 5) is 24.5. The quantitative estimate of drug-likeness (QED) is 0.178. The van der Waals surface area contributed by atoms with Crippen LogP contribution in [-0.4, -0.2) is 95.2 Å². The van der Waals surface area contributed by atoms with Gasteiger partial charge in [0.15, 0.2) is 46.9 Å². The molecule has 5 atom stereocenters. The molecule has 0 spiro atoms. The van der Waals surface area contributed by atoms with Crippen LogP contribution >= 0.6 is 0 Å². The molecule has 2 aromatic rings. The molecule has 0 saturated carbocycles.